The number of anilines is 1. The van der Waals surface area contributed by atoms with E-state index in [-0.39, 0.29) is 11.3 Å². The van der Waals surface area contributed by atoms with Crippen LogP contribution in [0.4, 0.5) is 14.5 Å². The summed E-state index contributed by atoms with van der Waals surface area (Å²) in [7, 11) is 0. The zero-order chi connectivity index (χ0) is 15.3. The Morgan fingerprint density at radius 1 is 1.35 bits per heavy atom. The summed E-state index contributed by atoms with van der Waals surface area (Å²) in [5.74, 6) is -2.09. The van der Waals surface area contributed by atoms with Crippen LogP contribution in [0.1, 0.15) is 20.8 Å². The predicted molar refractivity (Wildman–Crippen MR) is 71.6 cm³/mol. The Kier molecular flexibility index (Phi) is 4.81. The smallest absolute Gasteiger partial charge is 0.263 e. The molecule has 0 spiro atoms. The van der Waals surface area contributed by atoms with Gasteiger partial charge in [0.15, 0.2) is 0 Å². The highest BCUT2D eigenvalue weighted by Crippen LogP contribution is 2.15. The van der Waals surface area contributed by atoms with Crippen LogP contribution in [0.25, 0.3) is 0 Å². The topological polar surface area (TPSA) is 64.9 Å². The van der Waals surface area contributed by atoms with E-state index in [0.29, 0.717) is 6.07 Å². The fourth-order valence-electron chi connectivity index (χ4n) is 1.31. The maximum atomic E-state index is 13.4. The number of carbonyl (C=O) groups excluding carboxylic acids is 1. The van der Waals surface area contributed by atoms with Crippen LogP contribution in [0.5, 0.6) is 0 Å². The lowest BCUT2D eigenvalue weighted by atomic mass is 10.1. The van der Waals surface area contributed by atoms with E-state index < -0.39 is 23.1 Å². The van der Waals surface area contributed by atoms with Crippen LogP contribution in [0.2, 0.25) is 0 Å². The summed E-state index contributed by atoms with van der Waals surface area (Å²) >= 11 is 0. The molecule has 0 saturated carbocycles. The van der Waals surface area contributed by atoms with Gasteiger partial charge in [0, 0.05) is 17.8 Å². The molecule has 1 aromatic carbocycles. The lowest BCUT2D eigenvalue weighted by Crippen LogP contribution is -2.41. The summed E-state index contributed by atoms with van der Waals surface area (Å²) in [6.45, 7) is 5.31. The van der Waals surface area contributed by atoms with E-state index in [1.807, 2.05) is 0 Å². The molecule has 1 amide bonds. The van der Waals surface area contributed by atoms with Crippen molar-refractivity contribution in [2.24, 2.45) is 0 Å². The van der Waals surface area contributed by atoms with Crippen LogP contribution < -0.4 is 10.6 Å². The zero-order valence-corrected chi connectivity index (χ0v) is 11.4. The number of carbonyl (C=O) groups is 1. The molecule has 0 heterocycles. The SMILES string of the molecule is CC(C)(C)NC(=O)/C(C#N)=C\Nc1ccc(F)cc1F. The first kappa shape index (κ1) is 15.6. The summed E-state index contributed by atoms with van der Waals surface area (Å²) in [6, 6.07) is 4.67. The third-order valence-electron chi connectivity index (χ3n) is 2.16. The first-order chi connectivity index (χ1) is 9.23. The van der Waals surface area contributed by atoms with Crippen molar-refractivity contribution in [1.29, 1.82) is 5.26 Å². The quantitative estimate of drug-likeness (QED) is 0.660. The number of hydrogen-bond donors (Lipinski definition) is 2. The highest BCUT2D eigenvalue weighted by atomic mass is 19.1. The highest BCUT2D eigenvalue weighted by molar-refractivity contribution is 5.97. The van der Waals surface area contributed by atoms with E-state index in [4.69, 9.17) is 5.26 Å². The Hall–Kier alpha value is -2.42. The molecule has 0 radical (unpaired) electrons. The second kappa shape index (κ2) is 6.15. The van der Waals surface area contributed by atoms with Crippen LogP contribution >= 0.6 is 0 Å². The molecule has 0 atom stereocenters. The van der Waals surface area contributed by atoms with Gasteiger partial charge in [-0.2, -0.15) is 5.26 Å². The number of hydrogen-bond acceptors (Lipinski definition) is 3. The molecule has 2 N–H and O–H groups in total. The summed E-state index contributed by atoms with van der Waals surface area (Å²) in [5, 5.41) is 14.0. The molecule has 0 aliphatic heterocycles. The zero-order valence-electron chi connectivity index (χ0n) is 11.4. The summed E-state index contributed by atoms with van der Waals surface area (Å²) in [5.41, 5.74) is -0.722. The molecule has 0 bridgehead atoms. The van der Waals surface area contributed by atoms with E-state index in [0.717, 1.165) is 12.3 Å². The first-order valence-electron chi connectivity index (χ1n) is 5.87. The minimum absolute atomic E-state index is 0.0253. The van der Waals surface area contributed by atoms with E-state index >= 15 is 0 Å². The molecule has 4 nitrogen and oxygen atoms in total. The van der Waals surface area contributed by atoms with Crippen molar-refractivity contribution in [3.05, 3.63) is 41.6 Å². The largest absolute Gasteiger partial charge is 0.358 e. The molecular formula is C14H15F2N3O. The van der Waals surface area contributed by atoms with Gasteiger partial charge in [-0.1, -0.05) is 0 Å². The summed E-state index contributed by atoms with van der Waals surface area (Å²) < 4.78 is 26.1. The molecule has 20 heavy (non-hydrogen) atoms. The third-order valence-corrected chi connectivity index (χ3v) is 2.16. The Bertz CT molecular complexity index is 583. The summed E-state index contributed by atoms with van der Waals surface area (Å²) in [6.07, 6.45) is 1.08. The molecular weight excluding hydrogens is 264 g/mol. The number of benzene rings is 1. The number of nitrogens with one attached hydrogen (secondary N) is 2. The summed E-state index contributed by atoms with van der Waals surface area (Å²) in [4.78, 5) is 11.8. The lowest BCUT2D eigenvalue weighted by Gasteiger charge is -2.20. The van der Waals surface area contributed by atoms with Crippen molar-refractivity contribution in [3.63, 3.8) is 0 Å². The van der Waals surface area contributed by atoms with Crippen LogP contribution in [-0.4, -0.2) is 11.4 Å². The molecule has 1 rings (SSSR count). The van der Waals surface area contributed by atoms with Gasteiger partial charge in [-0.25, -0.2) is 8.78 Å². The molecule has 6 heteroatoms. The van der Waals surface area contributed by atoms with Gasteiger partial charge < -0.3 is 10.6 Å². The van der Waals surface area contributed by atoms with Gasteiger partial charge in [0.1, 0.15) is 23.3 Å². The Morgan fingerprint density at radius 3 is 2.50 bits per heavy atom. The normalized spacial score (nSPS) is 11.7. The number of nitriles is 1. The number of nitrogens with zero attached hydrogens (tertiary/aromatic N) is 1. The average Bonchev–Trinajstić information content (AvgIpc) is 2.30. The van der Waals surface area contributed by atoms with Gasteiger partial charge in [-0.3, -0.25) is 4.79 Å². The average molecular weight is 279 g/mol. The van der Waals surface area contributed by atoms with Crippen LogP contribution in [-0.2, 0) is 4.79 Å². The van der Waals surface area contributed by atoms with Crippen LogP contribution in [0.15, 0.2) is 30.0 Å². The Labute approximate surface area is 116 Å². The van der Waals surface area contributed by atoms with Crippen molar-refractivity contribution in [1.82, 2.24) is 5.32 Å². The molecule has 0 aliphatic carbocycles. The molecule has 106 valence electrons. The van der Waals surface area contributed by atoms with Crippen molar-refractivity contribution >= 4 is 11.6 Å². The molecule has 0 aromatic heterocycles. The lowest BCUT2D eigenvalue weighted by molar-refractivity contribution is -0.118. The second-order valence-electron chi connectivity index (χ2n) is 5.14. The van der Waals surface area contributed by atoms with Gasteiger partial charge in [-0.05, 0) is 32.9 Å². The maximum absolute atomic E-state index is 13.4. The van der Waals surface area contributed by atoms with Gasteiger partial charge in [0.25, 0.3) is 5.91 Å². The monoisotopic (exact) mass is 279 g/mol. The van der Waals surface area contributed by atoms with Gasteiger partial charge >= 0.3 is 0 Å². The number of rotatable bonds is 3. The Morgan fingerprint density at radius 2 is 2.00 bits per heavy atom. The van der Waals surface area contributed by atoms with Crippen LogP contribution in [0.3, 0.4) is 0 Å². The van der Waals surface area contributed by atoms with Gasteiger partial charge in [0.2, 0.25) is 0 Å². The van der Waals surface area contributed by atoms with Crippen molar-refractivity contribution < 1.29 is 13.6 Å². The van der Waals surface area contributed by atoms with Crippen molar-refractivity contribution in [3.8, 4) is 6.07 Å². The maximum Gasteiger partial charge on any atom is 0.263 e. The van der Waals surface area contributed by atoms with Crippen molar-refractivity contribution in [2.45, 2.75) is 26.3 Å². The standard InChI is InChI=1S/C14H15F2N3O/c1-14(2,3)19-13(20)9(7-17)8-18-12-5-4-10(15)6-11(12)16/h4-6,8,18H,1-3H3,(H,19,20)/b9-8-. The van der Waals surface area contributed by atoms with Gasteiger partial charge in [0.05, 0.1) is 5.69 Å². The van der Waals surface area contributed by atoms with E-state index in [9.17, 15) is 13.6 Å². The molecule has 1 aromatic rings. The molecule has 0 aliphatic rings. The van der Waals surface area contributed by atoms with Crippen LogP contribution in [0, 0.1) is 23.0 Å². The molecule has 0 fully saturated rings. The van der Waals surface area contributed by atoms with Gasteiger partial charge in [-0.15, -0.1) is 0 Å². The second-order valence-corrected chi connectivity index (χ2v) is 5.14. The Balaban J connectivity index is 2.86. The number of halogens is 2. The first-order valence-corrected chi connectivity index (χ1v) is 5.87. The predicted octanol–water partition coefficient (Wildman–Crippen LogP) is 2.70. The minimum atomic E-state index is -0.810. The molecule has 0 unspecified atom stereocenters. The van der Waals surface area contributed by atoms with E-state index in [1.54, 1.807) is 26.8 Å². The third kappa shape index (κ3) is 4.69. The fourth-order valence-corrected chi connectivity index (χ4v) is 1.31. The minimum Gasteiger partial charge on any atom is -0.358 e. The highest BCUT2D eigenvalue weighted by Gasteiger charge is 2.17. The van der Waals surface area contributed by atoms with Crippen molar-refractivity contribution in [2.75, 3.05) is 5.32 Å². The van der Waals surface area contributed by atoms with E-state index in [2.05, 4.69) is 10.6 Å². The molecule has 0 saturated heterocycles. The fraction of sp³-hybridized carbons (Fsp3) is 0.286. The van der Waals surface area contributed by atoms with E-state index in [1.165, 1.54) is 6.07 Å². The number of amides is 1.